The van der Waals surface area contributed by atoms with Crippen molar-refractivity contribution < 1.29 is 27.9 Å². The van der Waals surface area contributed by atoms with Gasteiger partial charge in [-0.2, -0.15) is 0 Å². The van der Waals surface area contributed by atoms with Crippen LogP contribution in [0.2, 0.25) is 0 Å². The number of amidine groups is 1. The van der Waals surface area contributed by atoms with Gasteiger partial charge in [-0.3, -0.25) is 4.79 Å². The van der Waals surface area contributed by atoms with E-state index < -0.39 is 17.4 Å². The quantitative estimate of drug-likeness (QED) is 0.798. The van der Waals surface area contributed by atoms with E-state index in [4.69, 9.17) is 14.3 Å². The van der Waals surface area contributed by atoms with Crippen LogP contribution in [0.5, 0.6) is 11.5 Å². The van der Waals surface area contributed by atoms with E-state index in [1.54, 1.807) is 25.1 Å². The number of ether oxygens (including phenoxy) is 2. The van der Waals surface area contributed by atoms with Crippen molar-refractivity contribution in [3.05, 3.63) is 53.6 Å². The maximum absolute atomic E-state index is 14.1. The molecule has 7 nitrogen and oxygen atoms in total. The highest BCUT2D eigenvalue weighted by atomic mass is 19.1. The average Bonchev–Trinajstić information content (AvgIpc) is 2.96. The number of halogens is 2. The predicted octanol–water partition coefficient (Wildman–Crippen LogP) is 3.35. The molecule has 3 rings (SSSR count). The molecule has 0 aliphatic carbocycles. The minimum absolute atomic E-state index is 0.0471. The minimum atomic E-state index is -1.28. The van der Waals surface area contributed by atoms with Gasteiger partial charge in [0.25, 0.3) is 0 Å². The van der Waals surface area contributed by atoms with Gasteiger partial charge in [-0.05, 0) is 25.1 Å². The molecule has 0 bridgehead atoms. The van der Waals surface area contributed by atoms with Crippen LogP contribution in [0.4, 0.5) is 14.5 Å². The SMILES string of the molecule is COc1cc(NC(=O)CC2(C)N=C(c3cc(F)ccc3F)N(C)O2)cc(OC)c1. The van der Waals surface area contributed by atoms with Crippen molar-refractivity contribution in [2.24, 2.45) is 4.99 Å². The van der Waals surface area contributed by atoms with Gasteiger partial charge in [0.1, 0.15) is 23.1 Å². The van der Waals surface area contributed by atoms with Gasteiger partial charge >= 0.3 is 0 Å². The summed E-state index contributed by atoms with van der Waals surface area (Å²) in [6.45, 7) is 1.58. The predicted molar refractivity (Wildman–Crippen MR) is 103 cm³/mol. The Morgan fingerprint density at radius 1 is 1.17 bits per heavy atom. The second-order valence-corrected chi connectivity index (χ2v) is 6.65. The molecule has 29 heavy (non-hydrogen) atoms. The van der Waals surface area contributed by atoms with E-state index in [1.165, 1.54) is 26.3 Å². The molecule has 0 saturated heterocycles. The van der Waals surface area contributed by atoms with Gasteiger partial charge in [-0.25, -0.2) is 23.7 Å². The third-order valence-electron chi connectivity index (χ3n) is 4.27. The molecule has 1 aliphatic rings. The summed E-state index contributed by atoms with van der Waals surface area (Å²) in [6.07, 6.45) is -0.155. The fourth-order valence-electron chi connectivity index (χ4n) is 3.01. The molecule has 1 aliphatic heterocycles. The monoisotopic (exact) mass is 405 g/mol. The second-order valence-electron chi connectivity index (χ2n) is 6.65. The number of hydrogen-bond donors (Lipinski definition) is 1. The van der Waals surface area contributed by atoms with Gasteiger partial charge in [0.2, 0.25) is 5.91 Å². The number of nitrogens with zero attached hydrogens (tertiary/aromatic N) is 2. The van der Waals surface area contributed by atoms with Crippen LogP contribution >= 0.6 is 0 Å². The van der Waals surface area contributed by atoms with Crippen molar-refractivity contribution >= 4 is 17.4 Å². The largest absolute Gasteiger partial charge is 0.497 e. The Hall–Kier alpha value is -3.20. The molecular weight excluding hydrogens is 384 g/mol. The normalized spacial score (nSPS) is 18.4. The van der Waals surface area contributed by atoms with E-state index in [2.05, 4.69) is 10.3 Å². The van der Waals surface area contributed by atoms with Gasteiger partial charge in [0, 0.05) is 30.9 Å². The fourth-order valence-corrected chi connectivity index (χ4v) is 3.01. The van der Waals surface area contributed by atoms with Crippen LogP contribution in [-0.2, 0) is 9.63 Å². The zero-order valence-corrected chi connectivity index (χ0v) is 16.5. The van der Waals surface area contributed by atoms with Crippen LogP contribution in [0.15, 0.2) is 41.4 Å². The maximum Gasteiger partial charge on any atom is 0.229 e. The number of carbonyl (C=O) groups is 1. The smallest absolute Gasteiger partial charge is 0.229 e. The highest BCUT2D eigenvalue weighted by Crippen LogP contribution is 2.30. The summed E-state index contributed by atoms with van der Waals surface area (Å²) >= 11 is 0. The Morgan fingerprint density at radius 2 is 1.83 bits per heavy atom. The van der Waals surface area contributed by atoms with Crippen molar-refractivity contribution in [1.82, 2.24) is 5.06 Å². The van der Waals surface area contributed by atoms with Crippen molar-refractivity contribution in [2.45, 2.75) is 19.1 Å². The Bertz CT molecular complexity index is 944. The lowest BCUT2D eigenvalue weighted by Gasteiger charge is -2.21. The molecule has 2 aromatic carbocycles. The molecule has 0 fully saturated rings. The Kier molecular flexibility index (Phi) is 5.69. The first kappa shape index (κ1) is 20.5. The number of hydroxylamine groups is 2. The lowest BCUT2D eigenvalue weighted by molar-refractivity contribution is -0.164. The van der Waals surface area contributed by atoms with Gasteiger partial charge in [0.05, 0.1) is 26.2 Å². The van der Waals surface area contributed by atoms with Crippen molar-refractivity contribution in [1.29, 1.82) is 0 Å². The van der Waals surface area contributed by atoms with Crippen molar-refractivity contribution in [3.8, 4) is 11.5 Å². The number of nitrogens with one attached hydrogen (secondary N) is 1. The number of aliphatic imine (C=N–C) groups is 1. The highest BCUT2D eigenvalue weighted by molar-refractivity contribution is 6.00. The molecule has 154 valence electrons. The fraction of sp³-hybridized carbons (Fsp3) is 0.300. The lowest BCUT2D eigenvalue weighted by atomic mass is 10.1. The maximum atomic E-state index is 14.1. The second kappa shape index (κ2) is 8.04. The van der Waals surface area contributed by atoms with E-state index in [0.717, 1.165) is 18.2 Å². The molecule has 1 unspecified atom stereocenters. The molecule has 1 N–H and O–H groups in total. The number of amides is 1. The third-order valence-corrected chi connectivity index (χ3v) is 4.27. The van der Waals surface area contributed by atoms with Crippen molar-refractivity contribution in [2.75, 3.05) is 26.6 Å². The van der Waals surface area contributed by atoms with Crippen LogP contribution in [-0.4, -0.2) is 43.8 Å². The molecule has 1 amide bonds. The molecule has 1 atom stereocenters. The molecule has 0 spiro atoms. The van der Waals surface area contributed by atoms with Crippen LogP contribution in [0, 0.1) is 11.6 Å². The minimum Gasteiger partial charge on any atom is -0.497 e. The average molecular weight is 405 g/mol. The molecular formula is C20H21F2N3O4. The molecule has 0 radical (unpaired) electrons. The summed E-state index contributed by atoms with van der Waals surface area (Å²) < 4.78 is 38.0. The first-order valence-electron chi connectivity index (χ1n) is 8.74. The first-order chi connectivity index (χ1) is 13.7. The molecule has 2 aromatic rings. The van der Waals surface area contributed by atoms with E-state index in [1.807, 2.05) is 0 Å². The molecule has 1 heterocycles. The summed E-state index contributed by atoms with van der Waals surface area (Å²) in [5.41, 5.74) is -0.855. The van der Waals surface area contributed by atoms with Crippen LogP contribution in [0.3, 0.4) is 0 Å². The van der Waals surface area contributed by atoms with E-state index in [0.29, 0.717) is 17.2 Å². The summed E-state index contributed by atoms with van der Waals surface area (Å²) in [5, 5.41) is 3.95. The van der Waals surface area contributed by atoms with E-state index >= 15 is 0 Å². The Morgan fingerprint density at radius 3 is 2.45 bits per heavy atom. The first-order valence-corrected chi connectivity index (χ1v) is 8.74. The summed E-state index contributed by atoms with van der Waals surface area (Å²) in [6, 6.07) is 8.02. The molecule has 0 saturated carbocycles. The topological polar surface area (TPSA) is 72.4 Å². The van der Waals surface area contributed by atoms with Gasteiger partial charge in [-0.15, -0.1) is 0 Å². The third kappa shape index (κ3) is 4.62. The van der Waals surface area contributed by atoms with E-state index in [9.17, 15) is 13.6 Å². The lowest BCUT2D eigenvalue weighted by Crippen LogP contribution is -2.32. The standard InChI is InChI=1S/C20H21F2N3O4/c1-20(11-18(26)23-13-8-14(27-3)10-15(9-13)28-4)24-19(25(2)29-20)16-7-12(21)5-6-17(16)22/h5-10H,11H2,1-4H3,(H,23,26). The van der Waals surface area contributed by atoms with Crippen LogP contribution < -0.4 is 14.8 Å². The number of benzene rings is 2. The zero-order valence-electron chi connectivity index (χ0n) is 16.5. The number of anilines is 1. The zero-order chi connectivity index (χ0) is 21.2. The number of carbonyl (C=O) groups excluding carboxylic acids is 1. The molecule has 0 aromatic heterocycles. The summed E-state index contributed by atoms with van der Waals surface area (Å²) in [7, 11) is 4.52. The number of hydrogen-bond acceptors (Lipinski definition) is 6. The van der Waals surface area contributed by atoms with E-state index in [-0.39, 0.29) is 23.7 Å². The van der Waals surface area contributed by atoms with Gasteiger partial charge in [0.15, 0.2) is 11.6 Å². The number of methoxy groups -OCH3 is 2. The number of rotatable bonds is 6. The highest BCUT2D eigenvalue weighted by Gasteiger charge is 2.38. The van der Waals surface area contributed by atoms with Gasteiger partial charge < -0.3 is 14.8 Å². The Balaban J connectivity index is 1.78. The van der Waals surface area contributed by atoms with Crippen LogP contribution in [0.25, 0.3) is 0 Å². The molecule has 9 heteroatoms. The van der Waals surface area contributed by atoms with Gasteiger partial charge in [-0.1, -0.05) is 0 Å². The van der Waals surface area contributed by atoms with Crippen molar-refractivity contribution in [3.63, 3.8) is 0 Å². The summed E-state index contributed by atoms with van der Waals surface area (Å²) in [4.78, 5) is 22.5. The van der Waals surface area contributed by atoms with Crippen LogP contribution in [0.1, 0.15) is 18.9 Å². The summed E-state index contributed by atoms with van der Waals surface area (Å²) in [5.74, 6) is -0.496. The Labute approximate surface area is 166 Å².